The molecule has 1 atom stereocenters. The van der Waals surface area contributed by atoms with E-state index in [2.05, 4.69) is 36.5 Å². The lowest BCUT2D eigenvalue weighted by Crippen LogP contribution is -2.14. The number of para-hydroxylation sites is 1. The zero-order valence-corrected chi connectivity index (χ0v) is 13.1. The van der Waals surface area contributed by atoms with E-state index in [9.17, 15) is 0 Å². The van der Waals surface area contributed by atoms with Crippen LogP contribution in [0.5, 0.6) is 11.5 Å². The van der Waals surface area contributed by atoms with E-state index in [-0.39, 0.29) is 0 Å². The Labute approximate surface area is 126 Å². The highest BCUT2D eigenvalue weighted by atomic mass is 16.5. The molecular weight excluding hydrogens is 262 g/mol. The van der Waals surface area contributed by atoms with E-state index >= 15 is 0 Å². The Kier molecular flexibility index (Phi) is 5.23. The van der Waals surface area contributed by atoms with Crippen molar-refractivity contribution in [1.29, 1.82) is 0 Å². The Morgan fingerprint density at radius 3 is 2.24 bits per heavy atom. The topological polar surface area (TPSA) is 30.5 Å². The normalized spacial score (nSPS) is 12.0. The Hall–Kier alpha value is -2.00. The fourth-order valence-corrected chi connectivity index (χ4v) is 2.62. The van der Waals surface area contributed by atoms with E-state index in [0.717, 1.165) is 29.0 Å². The molecule has 2 aromatic rings. The molecule has 0 aliphatic heterocycles. The standard InChI is InChI=1S/C18H23NO2/c1-5-16(19-2)14-11-9-13(10-12-14)15-7-6-8-17(20-3)18(15)21-4/h6-12,16,19H,5H2,1-4H3. The lowest BCUT2D eigenvalue weighted by molar-refractivity contribution is 0.356. The molecule has 0 amide bonds. The van der Waals surface area contributed by atoms with Crippen LogP contribution in [0.15, 0.2) is 42.5 Å². The van der Waals surface area contributed by atoms with Gasteiger partial charge in [0, 0.05) is 11.6 Å². The Morgan fingerprint density at radius 1 is 1.00 bits per heavy atom. The van der Waals surface area contributed by atoms with Gasteiger partial charge in [-0.1, -0.05) is 43.3 Å². The van der Waals surface area contributed by atoms with Gasteiger partial charge in [-0.15, -0.1) is 0 Å². The average molecular weight is 285 g/mol. The first-order valence-corrected chi connectivity index (χ1v) is 7.23. The van der Waals surface area contributed by atoms with Crippen LogP contribution >= 0.6 is 0 Å². The quantitative estimate of drug-likeness (QED) is 0.869. The largest absolute Gasteiger partial charge is 0.493 e. The van der Waals surface area contributed by atoms with Crippen molar-refractivity contribution in [2.45, 2.75) is 19.4 Å². The predicted octanol–water partition coefficient (Wildman–Crippen LogP) is 4.04. The second-order valence-corrected chi connectivity index (χ2v) is 4.91. The third-order valence-electron chi connectivity index (χ3n) is 3.78. The summed E-state index contributed by atoms with van der Waals surface area (Å²) >= 11 is 0. The molecule has 2 rings (SSSR count). The van der Waals surface area contributed by atoms with Crippen LogP contribution in [-0.2, 0) is 0 Å². The van der Waals surface area contributed by atoms with E-state index in [0.29, 0.717) is 6.04 Å². The molecule has 1 unspecified atom stereocenters. The van der Waals surface area contributed by atoms with Crippen LogP contribution in [0, 0.1) is 0 Å². The lowest BCUT2D eigenvalue weighted by Gasteiger charge is -2.16. The second-order valence-electron chi connectivity index (χ2n) is 4.91. The van der Waals surface area contributed by atoms with Crippen molar-refractivity contribution in [3.8, 4) is 22.6 Å². The van der Waals surface area contributed by atoms with Crippen LogP contribution in [0.1, 0.15) is 24.9 Å². The molecule has 0 aromatic heterocycles. The maximum absolute atomic E-state index is 5.50. The summed E-state index contributed by atoms with van der Waals surface area (Å²) in [5.41, 5.74) is 3.46. The highest BCUT2D eigenvalue weighted by Gasteiger charge is 2.12. The van der Waals surface area contributed by atoms with Gasteiger partial charge < -0.3 is 14.8 Å². The molecule has 2 aromatic carbocycles. The molecule has 0 aliphatic carbocycles. The molecule has 0 aliphatic rings. The number of methoxy groups -OCH3 is 2. The molecule has 21 heavy (non-hydrogen) atoms. The summed E-state index contributed by atoms with van der Waals surface area (Å²) in [5.74, 6) is 1.52. The second kappa shape index (κ2) is 7.14. The van der Waals surface area contributed by atoms with Crippen molar-refractivity contribution >= 4 is 0 Å². The van der Waals surface area contributed by atoms with Crippen molar-refractivity contribution in [2.24, 2.45) is 0 Å². The van der Waals surface area contributed by atoms with Crippen LogP contribution in [0.2, 0.25) is 0 Å². The van der Waals surface area contributed by atoms with Gasteiger partial charge in [0.25, 0.3) is 0 Å². The highest BCUT2D eigenvalue weighted by molar-refractivity contribution is 5.74. The molecule has 112 valence electrons. The Balaban J connectivity index is 2.39. The van der Waals surface area contributed by atoms with Gasteiger partial charge in [0.15, 0.2) is 11.5 Å². The van der Waals surface area contributed by atoms with Crippen LogP contribution in [0.25, 0.3) is 11.1 Å². The fraction of sp³-hybridized carbons (Fsp3) is 0.333. The third-order valence-corrected chi connectivity index (χ3v) is 3.78. The van der Waals surface area contributed by atoms with Crippen LogP contribution in [-0.4, -0.2) is 21.3 Å². The molecule has 3 heteroatoms. The van der Waals surface area contributed by atoms with Gasteiger partial charge in [-0.05, 0) is 30.7 Å². The third kappa shape index (κ3) is 3.19. The maximum Gasteiger partial charge on any atom is 0.168 e. The monoisotopic (exact) mass is 285 g/mol. The van der Waals surface area contributed by atoms with E-state index in [1.54, 1.807) is 14.2 Å². The summed E-state index contributed by atoms with van der Waals surface area (Å²) in [4.78, 5) is 0. The molecule has 0 radical (unpaired) electrons. The maximum atomic E-state index is 5.50. The summed E-state index contributed by atoms with van der Waals surface area (Å²) in [6.07, 6.45) is 1.07. The first-order valence-electron chi connectivity index (χ1n) is 7.23. The van der Waals surface area contributed by atoms with Gasteiger partial charge in [0.05, 0.1) is 14.2 Å². The highest BCUT2D eigenvalue weighted by Crippen LogP contribution is 2.38. The molecule has 0 fully saturated rings. The molecule has 0 bridgehead atoms. The number of hydrogen-bond donors (Lipinski definition) is 1. The molecule has 3 nitrogen and oxygen atoms in total. The molecule has 0 saturated carbocycles. The van der Waals surface area contributed by atoms with Crippen molar-refractivity contribution in [3.63, 3.8) is 0 Å². The van der Waals surface area contributed by atoms with E-state index in [1.807, 2.05) is 25.2 Å². The zero-order chi connectivity index (χ0) is 15.2. The van der Waals surface area contributed by atoms with Gasteiger partial charge in [-0.2, -0.15) is 0 Å². The molecule has 0 heterocycles. The SMILES string of the molecule is CCC(NC)c1ccc(-c2cccc(OC)c2OC)cc1. The average Bonchev–Trinajstić information content (AvgIpc) is 2.55. The summed E-state index contributed by atoms with van der Waals surface area (Å²) in [7, 11) is 5.32. The first kappa shape index (κ1) is 15.4. The Bertz CT molecular complexity index is 574. The minimum absolute atomic E-state index is 0.395. The number of rotatable bonds is 6. The van der Waals surface area contributed by atoms with E-state index in [4.69, 9.17) is 9.47 Å². The molecule has 0 saturated heterocycles. The minimum Gasteiger partial charge on any atom is -0.493 e. The van der Waals surface area contributed by atoms with Crippen LogP contribution < -0.4 is 14.8 Å². The van der Waals surface area contributed by atoms with Crippen molar-refractivity contribution in [2.75, 3.05) is 21.3 Å². The molecular formula is C18H23NO2. The molecule has 1 N–H and O–H groups in total. The van der Waals surface area contributed by atoms with Gasteiger partial charge in [-0.3, -0.25) is 0 Å². The smallest absolute Gasteiger partial charge is 0.168 e. The number of hydrogen-bond acceptors (Lipinski definition) is 3. The fourth-order valence-electron chi connectivity index (χ4n) is 2.62. The minimum atomic E-state index is 0.395. The summed E-state index contributed by atoms with van der Waals surface area (Å²) in [6, 6.07) is 14.9. The van der Waals surface area contributed by atoms with E-state index in [1.165, 1.54) is 5.56 Å². The summed E-state index contributed by atoms with van der Waals surface area (Å²) < 4.78 is 10.9. The van der Waals surface area contributed by atoms with Crippen molar-refractivity contribution < 1.29 is 9.47 Å². The van der Waals surface area contributed by atoms with Crippen LogP contribution in [0.4, 0.5) is 0 Å². The predicted molar refractivity (Wildman–Crippen MR) is 87.1 cm³/mol. The van der Waals surface area contributed by atoms with Gasteiger partial charge in [-0.25, -0.2) is 0 Å². The lowest BCUT2D eigenvalue weighted by atomic mass is 9.99. The number of benzene rings is 2. The van der Waals surface area contributed by atoms with Crippen molar-refractivity contribution in [1.82, 2.24) is 5.32 Å². The van der Waals surface area contributed by atoms with Gasteiger partial charge in [0.1, 0.15) is 0 Å². The van der Waals surface area contributed by atoms with Crippen molar-refractivity contribution in [3.05, 3.63) is 48.0 Å². The zero-order valence-electron chi connectivity index (χ0n) is 13.1. The van der Waals surface area contributed by atoms with Gasteiger partial charge in [0.2, 0.25) is 0 Å². The number of ether oxygens (including phenoxy) is 2. The van der Waals surface area contributed by atoms with Crippen LogP contribution in [0.3, 0.4) is 0 Å². The van der Waals surface area contributed by atoms with Gasteiger partial charge >= 0.3 is 0 Å². The Morgan fingerprint density at radius 2 is 1.71 bits per heavy atom. The number of nitrogens with one attached hydrogen (secondary N) is 1. The summed E-state index contributed by atoms with van der Waals surface area (Å²) in [5, 5.41) is 3.32. The summed E-state index contributed by atoms with van der Waals surface area (Å²) in [6.45, 7) is 2.18. The first-order chi connectivity index (χ1) is 10.2. The van der Waals surface area contributed by atoms with E-state index < -0.39 is 0 Å². The molecule has 0 spiro atoms.